The van der Waals surface area contributed by atoms with E-state index >= 15 is 0 Å². The van der Waals surface area contributed by atoms with Crippen molar-refractivity contribution in [2.24, 2.45) is 0 Å². The third-order valence-electron chi connectivity index (χ3n) is 0.278. The van der Waals surface area contributed by atoms with Gasteiger partial charge < -0.3 is 0 Å². The highest BCUT2D eigenvalue weighted by molar-refractivity contribution is 9.09. The second-order valence-electron chi connectivity index (χ2n) is 0.747. The maximum Gasteiger partial charge on any atom is 0.0830 e. The van der Waals surface area contributed by atoms with Crippen LogP contribution in [-0.2, 0) is 5.11 Å². The Morgan fingerprint density at radius 3 is 2.20 bits per heavy atom. The summed E-state index contributed by atoms with van der Waals surface area (Å²) in [5, 5.41) is 10.3. The summed E-state index contributed by atoms with van der Waals surface area (Å²) < 4.78 is 0. The van der Waals surface area contributed by atoms with Crippen molar-refractivity contribution in [2.75, 3.05) is 11.9 Å². The summed E-state index contributed by atoms with van der Waals surface area (Å²) in [6.07, 6.45) is 0.750. The van der Waals surface area contributed by atoms with Gasteiger partial charge in [-0.3, -0.25) is 0 Å². The monoisotopic (exact) mass is 137 g/mol. The molecule has 0 aromatic rings. The molecule has 0 unspecified atom stereocenters. The molecule has 0 bridgehead atoms. The molecule has 5 heavy (non-hydrogen) atoms. The minimum atomic E-state index is 0.0469. The Balaban J connectivity index is 2.19. The van der Waals surface area contributed by atoms with Gasteiger partial charge in [0, 0.05) is 5.33 Å². The Labute approximate surface area is 40.1 Å². The predicted octanol–water partition coefficient (Wildman–Crippen LogP) is 1.20. The Morgan fingerprint density at radius 1 is 1.60 bits per heavy atom. The fourth-order valence-corrected chi connectivity index (χ4v) is 0.283. The third kappa shape index (κ3) is 4.44. The average molecular weight is 138 g/mol. The molecule has 0 amide bonds. The van der Waals surface area contributed by atoms with Crippen LogP contribution in [0.3, 0.4) is 0 Å². The highest BCUT2D eigenvalue weighted by Crippen LogP contribution is 1.82. The molecule has 0 aliphatic heterocycles. The summed E-state index contributed by atoms with van der Waals surface area (Å²) in [4.78, 5) is 0. The predicted molar refractivity (Wildman–Crippen MR) is 24.0 cm³/mol. The Hall–Kier alpha value is 0.440. The van der Waals surface area contributed by atoms with E-state index in [9.17, 15) is 5.11 Å². The smallest absolute Gasteiger partial charge is 0.0830 e. The first-order valence-electron chi connectivity index (χ1n) is 1.56. The number of hydrogen-bond donors (Lipinski definition) is 0. The number of hydrogen-bond acceptors (Lipinski definition) is 0. The summed E-state index contributed by atoms with van der Waals surface area (Å²) in [6.45, 7) is 0.0469. The van der Waals surface area contributed by atoms with Gasteiger partial charge >= 0.3 is 0 Å². The van der Waals surface area contributed by atoms with Crippen molar-refractivity contribution in [3.8, 4) is 0 Å². The van der Waals surface area contributed by atoms with Crippen molar-refractivity contribution in [3.63, 3.8) is 0 Å². The number of halogens is 1. The molecule has 0 saturated heterocycles. The second-order valence-corrected chi connectivity index (χ2v) is 1.54. The molecule has 0 aromatic heterocycles. The van der Waals surface area contributed by atoms with Gasteiger partial charge in [-0.2, -0.15) is 0 Å². The van der Waals surface area contributed by atoms with Gasteiger partial charge in [0.2, 0.25) is 0 Å². The fourth-order valence-electron chi connectivity index (χ4n) is 0.0546. The van der Waals surface area contributed by atoms with Crippen molar-refractivity contribution in [1.82, 2.24) is 0 Å². The van der Waals surface area contributed by atoms with E-state index in [1.165, 1.54) is 0 Å². The highest BCUT2D eigenvalue weighted by atomic mass is 79.9. The van der Waals surface area contributed by atoms with E-state index in [0.29, 0.717) is 0 Å². The van der Waals surface area contributed by atoms with Crippen molar-refractivity contribution in [3.05, 3.63) is 0 Å². The van der Waals surface area contributed by atoms with E-state index in [1.807, 2.05) is 0 Å². The van der Waals surface area contributed by atoms with E-state index < -0.39 is 0 Å². The van der Waals surface area contributed by atoms with E-state index in [-0.39, 0.29) is 6.61 Å². The number of alkyl halides is 1. The van der Waals surface area contributed by atoms with Crippen LogP contribution in [0.15, 0.2) is 0 Å². The van der Waals surface area contributed by atoms with Crippen LogP contribution in [-0.4, -0.2) is 11.9 Å². The van der Waals surface area contributed by atoms with Gasteiger partial charge in [0.1, 0.15) is 0 Å². The summed E-state index contributed by atoms with van der Waals surface area (Å²) >= 11 is 3.11. The average Bonchev–Trinajstić information content (AvgIpc) is 1.41. The zero-order valence-electron chi connectivity index (χ0n) is 2.91. The summed E-state index contributed by atoms with van der Waals surface area (Å²) in [5.74, 6) is 0. The molecule has 0 rings (SSSR count). The first-order chi connectivity index (χ1) is 2.41. The zero-order chi connectivity index (χ0) is 4.12. The van der Waals surface area contributed by atoms with Crippen molar-refractivity contribution in [2.45, 2.75) is 6.42 Å². The minimum Gasteiger partial charge on any atom is -0.237 e. The Morgan fingerprint density at radius 2 is 2.20 bits per heavy atom. The van der Waals surface area contributed by atoms with Crippen molar-refractivity contribution in [1.29, 1.82) is 0 Å². The van der Waals surface area contributed by atoms with Crippen LogP contribution in [0.2, 0.25) is 0 Å². The van der Waals surface area contributed by atoms with Crippen LogP contribution >= 0.6 is 15.9 Å². The molecule has 0 aliphatic rings. The SMILES string of the molecule is [O]CCCBr. The first-order valence-corrected chi connectivity index (χ1v) is 2.68. The van der Waals surface area contributed by atoms with Gasteiger partial charge in [0.05, 0.1) is 6.61 Å². The lowest BCUT2D eigenvalue weighted by atomic mass is 10.5. The van der Waals surface area contributed by atoms with Gasteiger partial charge in [-0.25, -0.2) is 5.11 Å². The lowest BCUT2D eigenvalue weighted by Gasteiger charge is -1.75. The molecule has 31 valence electrons. The zero-order valence-corrected chi connectivity index (χ0v) is 4.49. The molecule has 0 aliphatic carbocycles. The molecule has 2 heteroatoms. The molecule has 0 saturated carbocycles. The Kier molecular flexibility index (Phi) is 4.83. The maximum absolute atomic E-state index is 9.50. The van der Waals surface area contributed by atoms with Gasteiger partial charge in [-0.15, -0.1) is 0 Å². The summed E-state index contributed by atoms with van der Waals surface area (Å²) in [6, 6.07) is 0. The quantitative estimate of drug-likeness (QED) is 0.511. The topological polar surface area (TPSA) is 19.9 Å². The standard InChI is InChI=1S/C3H6BrO/c4-2-1-3-5/h1-3H2. The van der Waals surface area contributed by atoms with Gasteiger partial charge in [-0.1, -0.05) is 15.9 Å². The molecule has 1 radical (unpaired) electrons. The molecular formula is C3H6BrO. The van der Waals surface area contributed by atoms with E-state index in [1.54, 1.807) is 0 Å². The highest BCUT2D eigenvalue weighted by Gasteiger charge is 1.73. The van der Waals surface area contributed by atoms with E-state index in [2.05, 4.69) is 15.9 Å². The van der Waals surface area contributed by atoms with Gasteiger partial charge in [-0.05, 0) is 6.42 Å². The van der Waals surface area contributed by atoms with Crippen LogP contribution in [0.25, 0.3) is 0 Å². The number of rotatable bonds is 2. The lowest BCUT2D eigenvalue weighted by molar-refractivity contribution is 0.195. The molecular weight excluding hydrogens is 132 g/mol. The molecule has 0 N–H and O–H groups in total. The summed E-state index contributed by atoms with van der Waals surface area (Å²) in [7, 11) is 0. The fraction of sp³-hybridized carbons (Fsp3) is 1.00. The molecule has 0 atom stereocenters. The molecule has 0 spiro atoms. The molecule has 0 aromatic carbocycles. The third-order valence-corrected chi connectivity index (χ3v) is 0.839. The molecule has 0 fully saturated rings. The van der Waals surface area contributed by atoms with Crippen molar-refractivity contribution < 1.29 is 5.11 Å². The summed E-state index contributed by atoms with van der Waals surface area (Å²) in [5.41, 5.74) is 0. The van der Waals surface area contributed by atoms with E-state index in [0.717, 1.165) is 11.8 Å². The lowest BCUT2D eigenvalue weighted by Crippen LogP contribution is -1.76. The van der Waals surface area contributed by atoms with Gasteiger partial charge in [0.15, 0.2) is 0 Å². The van der Waals surface area contributed by atoms with Crippen molar-refractivity contribution >= 4 is 15.9 Å². The molecule has 1 nitrogen and oxygen atoms in total. The maximum atomic E-state index is 9.50. The van der Waals surface area contributed by atoms with Crippen LogP contribution in [0, 0.1) is 0 Å². The van der Waals surface area contributed by atoms with Crippen LogP contribution < -0.4 is 0 Å². The Bertz CT molecular complexity index is 14.4. The largest absolute Gasteiger partial charge is 0.237 e. The second kappa shape index (κ2) is 4.44. The van der Waals surface area contributed by atoms with Gasteiger partial charge in [0.25, 0.3) is 0 Å². The minimum absolute atomic E-state index is 0.0469. The van der Waals surface area contributed by atoms with Crippen LogP contribution in [0.4, 0.5) is 0 Å². The van der Waals surface area contributed by atoms with Crippen LogP contribution in [0.1, 0.15) is 6.42 Å². The first kappa shape index (κ1) is 5.44. The normalized spacial score (nSPS) is 8.40. The molecule has 0 heterocycles. The van der Waals surface area contributed by atoms with E-state index in [4.69, 9.17) is 0 Å². The van der Waals surface area contributed by atoms with Crippen LogP contribution in [0.5, 0.6) is 0 Å².